The molecule has 0 radical (unpaired) electrons. The van der Waals surface area contributed by atoms with Gasteiger partial charge in [0.2, 0.25) is 0 Å². The summed E-state index contributed by atoms with van der Waals surface area (Å²) in [4.78, 5) is 58.5. The molecule has 5 unspecified atom stereocenters. The van der Waals surface area contributed by atoms with Gasteiger partial charge in [-0.3, -0.25) is 32.5 Å². The van der Waals surface area contributed by atoms with Crippen molar-refractivity contribution in [3.8, 4) is 0 Å². The second-order valence-electron chi connectivity index (χ2n) is 26.5. The molecule has 0 rings (SSSR count). The number of ether oxygens (including phenoxy) is 3. The fourth-order valence-corrected chi connectivity index (χ4v) is 12.2. The molecule has 18 heteroatoms. The van der Waals surface area contributed by atoms with Gasteiger partial charge in [-0.1, -0.05) is 303 Å². The molecule has 0 spiro atoms. The van der Waals surface area contributed by atoms with Gasteiger partial charge in [0, 0.05) is 19.3 Å². The van der Waals surface area contributed by atoms with E-state index in [4.69, 9.17) is 32.3 Å². The second kappa shape index (κ2) is 75.6. The van der Waals surface area contributed by atoms with Crippen molar-refractivity contribution >= 4 is 33.6 Å². The van der Waals surface area contributed by atoms with Gasteiger partial charge in [0.05, 0.1) is 26.4 Å². The Kier molecular flexibility index (Phi) is 72.6. The number of aliphatic hydroxyl groups excluding tert-OH is 2. The first kappa shape index (κ1) is 97.0. The summed E-state index contributed by atoms with van der Waals surface area (Å²) < 4.78 is 61.0. The number of carbonyl (C=O) groups is 3. The first-order valence-corrected chi connectivity index (χ1v) is 42.8. The molecular formula is C83H144O16P2. The molecule has 0 bridgehead atoms. The lowest BCUT2D eigenvalue weighted by atomic mass is 10.0. The molecule has 0 aliphatic heterocycles. The number of phosphoric acid groups is 2. The summed E-state index contributed by atoms with van der Waals surface area (Å²) >= 11 is 0. The molecule has 0 aromatic carbocycles. The number of carbonyl (C=O) groups excluding carboxylic acids is 3. The smallest absolute Gasteiger partial charge is 0.463 e. The second-order valence-corrected chi connectivity index (χ2v) is 29.4. The number of unbranched alkanes of at least 4 members (excludes halogenated alkanes) is 32. The van der Waals surface area contributed by atoms with Crippen LogP contribution in [0.3, 0.4) is 0 Å². The molecule has 101 heavy (non-hydrogen) atoms. The van der Waals surface area contributed by atoms with E-state index in [0.717, 1.165) is 141 Å². The summed E-state index contributed by atoms with van der Waals surface area (Å²) in [6, 6.07) is 0. The monoisotopic (exact) mass is 1460 g/mol. The van der Waals surface area contributed by atoms with Gasteiger partial charge >= 0.3 is 33.6 Å². The molecule has 0 amide bonds. The van der Waals surface area contributed by atoms with E-state index >= 15 is 0 Å². The van der Waals surface area contributed by atoms with Crippen LogP contribution in [-0.2, 0) is 55.8 Å². The van der Waals surface area contributed by atoms with E-state index in [2.05, 4.69) is 142 Å². The van der Waals surface area contributed by atoms with E-state index in [9.17, 15) is 43.5 Å². The third-order valence-corrected chi connectivity index (χ3v) is 18.5. The zero-order valence-corrected chi connectivity index (χ0v) is 65.3. The lowest BCUT2D eigenvalue weighted by Gasteiger charge is -2.21. The van der Waals surface area contributed by atoms with Crippen molar-refractivity contribution in [3.05, 3.63) is 122 Å². The molecule has 4 N–H and O–H groups in total. The van der Waals surface area contributed by atoms with Crippen molar-refractivity contribution in [1.29, 1.82) is 0 Å². The molecule has 0 aliphatic rings. The highest BCUT2D eigenvalue weighted by Crippen LogP contribution is 2.45. The van der Waals surface area contributed by atoms with Gasteiger partial charge in [0.15, 0.2) is 6.10 Å². The van der Waals surface area contributed by atoms with Crippen molar-refractivity contribution in [1.82, 2.24) is 0 Å². The maximum Gasteiger partial charge on any atom is 0.472 e. The zero-order valence-electron chi connectivity index (χ0n) is 63.5. The topological polar surface area (TPSA) is 231 Å². The Morgan fingerprint density at radius 3 is 0.871 bits per heavy atom. The minimum absolute atomic E-state index is 0.0809. The lowest BCUT2D eigenvalue weighted by Crippen LogP contribution is -2.30. The fourth-order valence-electron chi connectivity index (χ4n) is 10.6. The van der Waals surface area contributed by atoms with Crippen molar-refractivity contribution < 1.29 is 75.8 Å². The van der Waals surface area contributed by atoms with Gasteiger partial charge in [0.25, 0.3) is 0 Å². The predicted octanol–water partition coefficient (Wildman–Crippen LogP) is 23.3. The zero-order chi connectivity index (χ0) is 73.7. The fraction of sp³-hybridized carbons (Fsp3) is 0.723. The average molecular weight is 1460 g/mol. The van der Waals surface area contributed by atoms with Crippen LogP contribution in [0.5, 0.6) is 0 Å². The Morgan fingerprint density at radius 1 is 0.287 bits per heavy atom. The molecule has 0 aliphatic carbocycles. The van der Waals surface area contributed by atoms with Crippen LogP contribution in [0, 0.1) is 0 Å². The molecule has 0 heterocycles. The number of phosphoric ester groups is 2. The van der Waals surface area contributed by atoms with E-state index in [1.807, 2.05) is 0 Å². The highest BCUT2D eigenvalue weighted by Gasteiger charge is 2.29. The van der Waals surface area contributed by atoms with Gasteiger partial charge in [-0.2, -0.15) is 0 Å². The van der Waals surface area contributed by atoms with Crippen LogP contribution < -0.4 is 0 Å². The minimum Gasteiger partial charge on any atom is -0.463 e. The van der Waals surface area contributed by atoms with E-state index in [-0.39, 0.29) is 19.3 Å². The summed E-state index contributed by atoms with van der Waals surface area (Å²) in [5.41, 5.74) is 0. The number of hydrogen-bond acceptors (Lipinski definition) is 14. The van der Waals surface area contributed by atoms with Crippen LogP contribution in [0.2, 0.25) is 0 Å². The maximum absolute atomic E-state index is 12.9. The Morgan fingerprint density at radius 2 is 0.545 bits per heavy atom. The third kappa shape index (κ3) is 76.9. The minimum atomic E-state index is -4.94. The molecule has 0 saturated carbocycles. The van der Waals surface area contributed by atoms with E-state index in [1.165, 1.54) is 128 Å². The summed E-state index contributed by atoms with van der Waals surface area (Å²) in [6.07, 6.45) is 90.0. The molecule has 0 saturated heterocycles. The van der Waals surface area contributed by atoms with E-state index < -0.39 is 91.5 Å². The number of allylic oxidation sites excluding steroid dienone is 20. The van der Waals surface area contributed by atoms with Gasteiger partial charge < -0.3 is 34.2 Å². The number of esters is 3. The van der Waals surface area contributed by atoms with Crippen LogP contribution in [0.25, 0.3) is 0 Å². The molecule has 0 aromatic rings. The molecule has 0 fully saturated rings. The highest BCUT2D eigenvalue weighted by molar-refractivity contribution is 7.47. The van der Waals surface area contributed by atoms with Crippen molar-refractivity contribution in [2.75, 3.05) is 39.6 Å². The highest BCUT2D eigenvalue weighted by atomic mass is 31.2. The van der Waals surface area contributed by atoms with Crippen molar-refractivity contribution in [2.45, 2.75) is 347 Å². The molecule has 16 nitrogen and oxygen atoms in total. The first-order chi connectivity index (χ1) is 49.2. The lowest BCUT2D eigenvalue weighted by molar-refractivity contribution is -0.161. The molecule has 5 atom stereocenters. The van der Waals surface area contributed by atoms with Crippen molar-refractivity contribution in [2.24, 2.45) is 0 Å². The van der Waals surface area contributed by atoms with Crippen LogP contribution in [0.1, 0.15) is 329 Å². The van der Waals surface area contributed by atoms with Crippen LogP contribution >= 0.6 is 15.6 Å². The van der Waals surface area contributed by atoms with Gasteiger partial charge in [0.1, 0.15) is 25.4 Å². The van der Waals surface area contributed by atoms with E-state index in [0.29, 0.717) is 19.3 Å². The van der Waals surface area contributed by atoms with Gasteiger partial charge in [-0.05, 0) is 128 Å². The Labute approximate surface area is 614 Å². The summed E-state index contributed by atoms with van der Waals surface area (Å²) in [6.45, 7) is 2.44. The maximum atomic E-state index is 12.9. The summed E-state index contributed by atoms with van der Waals surface area (Å²) in [5, 5.41) is 20.6. The van der Waals surface area contributed by atoms with Crippen LogP contribution in [0.4, 0.5) is 0 Å². The van der Waals surface area contributed by atoms with Crippen LogP contribution in [0.15, 0.2) is 122 Å². The normalized spacial score (nSPS) is 14.6. The number of aliphatic hydroxyl groups is 2. The SMILES string of the molecule is CC/C=C\C/C=C\C/C=C\C/C=C\CCCCCCC(=O)OCC(COP(=O)(O)OCC(O)COP(=O)(O)OCC(O)COC(=O)CCCCCCCCCCCCCCCCCCCCC/C=C\C/C=C\C/C=C\C/C=C\CCCCC)OC(=O)CCCCCCC/C=C\C/C=C\CCC. The third-order valence-electron chi connectivity index (χ3n) is 16.6. The average Bonchev–Trinajstić information content (AvgIpc) is 0.934. The standard InChI is InChI=1S/C83H144O16P2/c1-4-7-10-13-16-19-22-25-27-29-30-31-32-33-34-35-36-37-38-39-40-41-42-43-44-45-46-48-50-52-54-57-60-63-66-69-81(86)93-72-78(84)73-95-100(89,90)96-74-79(85)75-97-101(91,92)98-77-80(99-83(88)71-68-65-62-59-56-51-24-21-18-15-12-9-6-3)76-94-82(87)70-67-64-61-58-55-53-49-47-28-26-23-20-17-14-11-8-5-2/h8,11-12,15-17,19-21,24-28,30-31,33-34,49,53,78-80,84-85H,4-7,9-10,13-14,18,22-23,29,32,35-48,50-52,54-77H2,1-3H3,(H,89,90)(H,91,92)/b11-8-,15-12-,19-16-,20-17-,24-21-,27-25-,28-26-,31-30-,34-33-,53-49-. The Bertz CT molecular complexity index is 2320. The van der Waals surface area contributed by atoms with Gasteiger partial charge in [-0.25, -0.2) is 9.13 Å². The number of rotatable bonds is 75. The summed E-state index contributed by atoms with van der Waals surface area (Å²) in [7, 11) is -9.79. The molecule has 582 valence electrons. The van der Waals surface area contributed by atoms with Gasteiger partial charge in [-0.15, -0.1) is 0 Å². The molecule has 0 aromatic heterocycles. The quantitative estimate of drug-likeness (QED) is 0.0146. The first-order valence-electron chi connectivity index (χ1n) is 39.8. The van der Waals surface area contributed by atoms with Crippen molar-refractivity contribution in [3.63, 3.8) is 0 Å². The van der Waals surface area contributed by atoms with E-state index in [1.54, 1.807) is 0 Å². The molecular weight excluding hydrogens is 1310 g/mol. The number of hydrogen-bond donors (Lipinski definition) is 4. The Balaban J connectivity index is 4.35. The predicted molar refractivity (Wildman–Crippen MR) is 417 cm³/mol. The summed E-state index contributed by atoms with van der Waals surface area (Å²) in [5.74, 6) is -1.61. The Hall–Kier alpha value is -4.05. The van der Waals surface area contributed by atoms with Crippen LogP contribution in [-0.4, -0.2) is 95.9 Å². The largest absolute Gasteiger partial charge is 0.472 e.